The molecule has 1 saturated heterocycles. The summed E-state index contributed by atoms with van der Waals surface area (Å²) in [6.45, 7) is 8.40. The van der Waals surface area contributed by atoms with Crippen molar-refractivity contribution in [2.75, 3.05) is 39.3 Å². The van der Waals surface area contributed by atoms with Crippen LogP contribution in [0.1, 0.15) is 24.2 Å². The number of piperazine rings is 1. The van der Waals surface area contributed by atoms with Crippen molar-refractivity contribution < 1.29 is 14.3 Å². The number of para-hydroxylation sites is 1. The van der Waals surface area contributed by atoms with E-state index in [9.17, 15) is 9.59 Å². The van der Waals surface area contributed by atoms with Gasteiger partial charge in [-0.2, -0.15) is 0 Å². The summed E-state index contributed by atoms with van der Waals surface area (Å²) in [5, 5.41) is 0. The van der Waals surface area contributed by atoms with Crippen LogP contribution in [0.5, 0.6) is 5.75 Å². The topological polar surface area (TPSA) is 75.9 Å². The van der Waals surface area contributed by atoms with Crippen LogP contribution in [-0.2, 0) is 4.79 Å². The van der Waals surface area contributed by atoms with E-state index in [0.717, 1.165) is 19.6 Å². The Labute approximate surface area is 137 Å². The molecule has 23 heavy (non-hydrogen) atoms. The average molecular weight is 319 g/mol. The maximum atomic E-state index is 12.7. The van der Waals surface area contributed by atoms with Crippen molar-refractivity contribution in [1.82, 2.24) is 9.80 Å². The van der Waals surface area contributed by atoms with Crippen LogP contribution in [0.2, 0.25) is 0 Å². The Kier molecular flexibility index (Phi) is 5.98. The Morgan fingerprint density at radius 2 is 1.83 bits per heavy atom. The number of hydrogen-bond acceptors (Lipinski definition) is 4. The Balaban J connectivity index is 2.00. The van der Waals surface area contributed by atoms with Crippen molar-refractivity contribution in [1.29, 1.82) is 0 Å². The number of hydrogen-bond donors (Lipinski definition) is 1. The predicted octanol–water partition coefficient (Wildman–Crippen LogP) is 0.965. The Bertz CT molecular complexity index is 552. The lowest BCUT2D eigenvalue weighted by Crippen LogP contribution is -2.49. The van der Waals surface area contributed by atoms with Crippen LogP contribution < -0.4 is 10.5 Å². The molecular weight excluding hydrogens is 294 g/mol. The van der Waals surface area contributed by atoms with Gasteiger partial charge in [-0.25, -0.2) is 0 Å². The normalized spacial score (nSPS) is 15.7. The van der Waals surface area contributed by atoms with Crippen LogP contribution in [0.4, 0.5) is 0 Å². The molecule has 0 spiro atoms. The summed E-state index contributed by atoms with van der Waals surface area (Å²) < 4.78 is 5.35. The first kappa shape index (κ1) is 17.3. The number of nitrogens with two attached hydrogens (primary N) is 1. The van der Waals surface area contributed by atoms with Crippen LogP contribution in [0.25, 0.3) is 0 Å². The molecule has 6 nitrogen and oxygen atoms in total. The summed E-state index contributed by atoms with van der Waals surface area (Å²) in [5.41, 5.74) is 5.58. The number of amides is 2. The van der Waals surface area contributed by atoms with Crippen LogP contribution >= 0.6 is 0 Å². The van der Waals surface area contributed by atoms with E-state index < -0.39 is 5.91 Å². The van der Waals surface area contributed by atoms with Gasteiger partial charge in [-0.1, -0.05) is 26.0 Å². The number of ether oxygens (including phenoxy) is 1. The van der Waals surface area contributed by atoms with Crippen molar-refractivity contribution in [2.45, 2.75) is 13.8 Å². The maximum Gasteiger partial charge on any atom is 0.257 e. The third-order valence-electron chi connectivity index (χ3n) is 3.77. The number of nitrogens with zero attached hydrogens (tertiary/aromatic N) is 2. The van der Waals surface area contributed by atoms with Gasteiger partial charge in [0, 0.05) is 32.7 Å². The quantitative estimate of drug-likeness (QED) is 0.847. The molecule has 0 unspecified atom stereocenters. The van der Waals surface area contributed by atoms with E-state index in [1.54, 1.807) is 24.3 Å². The molecular formula is C17H25N3O3. The minimum atomic E-state index is -0.561. The standard InChI is InChI=1S/C17H25N3O3/c1-13(2)11-19-7-9-20(10-8-19)17(22)14-5-3-4-6-15(14)23-12-16(18)21/h3-6,13H,7-12H2,1-2H3,(H2,18,21). The van der Waals surface area contributed by atoms with Gasteiger partial charge in [-0.15, -0.1) is 0 Å². The molecule has 2 amide bonds. The molecule has 1 aliphatic heterocycles. The molecule has 1 aromatic rings. The van der Waals surface area contributed by atoms with Crippen molar-refractivity contribution in [3.8, 4) is 5.75 Å². The summed E-state index contributed by atoms with van der Waals surface area (Å²) in [4.78, 5) is 27.8. The minimum absolute atomic E-state index is 0.0609. The second kappa shape index (κ2) is 7.97. The molecule has 1 aliphatic rings. The monoisotopic (exact) mass is 319 g/mol. The SMILES string of the molecule is CC(C)CN1CCN(C(=O)c2ccccc2OCC(N)=O)CC1. The van der Waals surface area contributed by atoms with E-state index in [2.05, 4.69) is 18.7 Å². The summed E-state index contributed by atoms with van der Waals surface area (Å²) in [6, 6.07) is 6.97. The van der Waals surface area contributed by atoms with E-state index in [1.807, 2.05) is 4.90 Å². The fourth-order valence-corrected chi connectivity index (χ4v) is 2.74. The lowest BCUT2D eigenvalue weighted by Gasteiger charge is -2.35. The third kappa shape index (κ3) is 4.96. The molecule has 0 bridgehead atoms. The second-order valence-electron chi connectivity index (χ2n) is 6.24. The molecule has 2 rings (SSSR count). The highest BCUT2D eigenvalue weighted by Crippen LogP contribution is 2.20. The average Bonchev–Trinajstić information content (AvgIpc) is 2.52. The highest BCUT2D eigenvalue weighted by atomic mass is 16.5. The largest absolute Gasteiger partial charge is 0.483 e. The number of benzene rings is 1. The highest BCUT2D eigenvalue weighted by molar-refractivity contribution is 5.97. The van der Waals surface area contributed by atoms with Gasteiger partial charge in [0.15, 0.2) is 6.61 Å². The van der Waals surface area contributed by atoms with Crippen LogP contribution in [-0.4, -0.2) is 60.9 Å². The molecule has 1 heterocycles. The lowest BCUT2D eigenvalue weighted by molar-refractivity contribution is -0.119. The van der Waals surface area contributed by atoms with Crippen LogP contribution in [0.3, 0.4) is 0 Å². The smallest absolute Gasteiger partial charge is 0.257 e. The summed E-state index contributed by atoms with van der Waals surface area (Å²) >= 11 is 0. The predicted molar refractivity (Wildman–Crippen MR) is 88.3 cm³/mol. The fourth-order valence-electron chi connectivity index (χ4n) is 2.74. The Morgan fingerprint density at radius 1 is 1.17 bits per heavy atom. The molecule has 0 radical (unpaired) electrons. The van der Waals surface area contributed by atoms with Crippen LogP contribution in [0.15, 0.2) is 24.3 Å². The minimum Gasteiger partial charge on any atom is -0.483 e. The van der Waals surface area contributed by atoms with Gasteiger partial charge >= 0.3 is 0 Å². The van der Waals surface area contributed by atoms with E-state index in [4.69, 9.17) is 10.5 Å². The van der Waals surface area contributed by atoms with E-state index >= 15 is 0 Å². The van der Waals surface area contributed by atoms with Gasteiger partial charge in [-0.3, -0.25) is 14.5 Å². The van der Waals surface area contributed by atoms with Gasteiger partial charge in [0.05, 0.1) is 5.56 Å². The summed E-state index contributed by atoms with van der Waals surface area (Å²) in [7, 11) is 0. The third-order valence-corrected chi connectivity index (χ3v) is 3.77. The first-order valence-electron chi connectivity index (χ1n) is 7.99. The summed E-state index contributed by atoms with van der Waals surface area (Å²) in [5.74, 6) is 0.407. The van der Waals surface area contributed by atoms with Gasteiger partial charge in [0.25, 0.3) is 11.8 Å². The van der Waals surface area contributed by atoms with Gasteiger partial charge in [0.1, 0.15) is 5.75 Å². The zero-order valence-corrected chi connectivity index (χ0v) is 13.8. The van der Waals surface area contributed by atoms with E-state index in [1.165, 1.54) is 0 Å². The molecule has 126 valence electrons. The zero-order chi connectivity index (χ0) is 16.8. The first-order valence-corrected chi connectivity index (χ1v) is 7.99. The van der Waals surface area contributed by atoms with Crippen molar-refractivity contribution in [3.05, 3.63) is 29.8 Å². The number of primary amides is 1. The van der Waals surface area contributed by atoms with E-state index in [0.29, 0.717) is 30.3 Å². The van der Waals surface area contributed by atoms with Crippen molar-refractivity contribution in [3.63, 3.8) is 0 Å². The molecule has 0 saturated carbocycles. The molecule has 6 heteroatoms. The molecule has 1 fully saturated rings. The summed E-state index contributed by atoms with van der Waals surface area (Å²) in [6.07, 6.45) is 0. The van der Waals surface area contributed by atoms with E-state index in [-0.39, 0.29) is 12.5 Å². The van der Waals surface area contributed by atoms with Crippen molar-refractivity contribution in [2.24, 2.45) is 11.7 Å². The molecule has 1 aromatic carbocycles. The molecule has 0 atom stereocenters. The second-order valence-corrected chi connectivity index (χ2v) is 6.24. The number of rotatable bonds is 6. The maximum absolute atomic E-state index is 12.7. The van der Waals surface area contributed by atoms with Gasteiger partial charge < -0.3 is 15.4 Å². The molecule has 0 aliphatic carbocycles. The molecule has 0 aromatic heterocycles. The number of carbonyl (C=O) groups is 2. The Hall–Kier alpha value is -2.08. The number of carbonyl (C=O) groups excluding carboxylic acids is 2. The van der Waals surface area contributed by atoms with Gasteiger partial charge in [-0.05, 0) is 18.1 Å². The highest BCUT2D eigenvalue weighted by Gasteiger charge is 2.24. The van der Waals surface area contributed by atoms with Gasteiger partial charge in [0.2, 0.25) is 0 Å². The molecule has 2 N–H and O–H groups in total. The van der Waals surface area contributed by atoms with Crippen molar-refractivity contribution >= 4 is 11.8 Å². The zero-order valence-electron chi connectivity index (χ0n) is 13.8. The first-order chi connectivity index (χ1) is 11.0. The van der Waals surface area contributed by atoms with Crippen LogP contribution in [0, 0.1) is 5.92 Å². The lowest BCUT2D eigenvalue weighted by atomic mass is 10.1. The Morgan fingerprint density at radius 3 is 2.43 bits per heavy atom. The fraction of sp³-hybridized carbons (Fsp3) is 0.529.